The monoisotopic (exact) mass is 374 g/mol. The van der Waals surface area contributed by atoms with Gasteiger partial charge in [0.05, 0.1) is 26.0 Å². The summed E-state index contributed by atoms with van der Waals surface area (Å²) in [6.07, 6.45) is 4.57. The van der Waals surface area contributed by atoms with Crippen LogP contribution in [0.2, 0.25) is 0 Å². The van der Waals surface area contributed by atoms with E-state index in [-0.39, 0.29) is 21.0 Å². The van der Waals surface area contributed by atoms with Gasteiger partial charge in [0.25, 0.3) is 5.91 Å². The van der Waals surface area contributed by atoms with E-state index in [0.29, 0.717) is 11.2 Å². The number of amides is 1. The normalized spacial score (nSPS) is 10.6. The van der Waals surface area contributed by atoms with E-state index in [1.165, 1.54) is 24.9 Å². The Balaban J connectivity index is 2.02. The molecule has 1 amide bonds. The van der Waals surface area contributed by atoms with Crippen molar-refractivity contribution in [2.75, 3.05) is 19.5 Å². The van der Waals surface area contributed by atoms with Gasteiger partial charge in [-0.3, -0.25) is 4.79 Å². The maximum atomic E-state index is 12.6. The fourth-order valence-electron chi connectivity index (χ4n) is 2.39. The summed E-state index contributed by atoms with van der Waals surface area (Å²) in [5.41, 5.74) is 1.08. The highest BCUT2D eigenvalue weighted by Gasteiger charge is 2.27. The largest absolute Gasteiger partial charge is 0.465 e. The number of hydrogen-bond donors (Lipinski definition) is 1. The minimum atomic E-state index is -0.665. The Morgan fingerprint density at radius 2 is 1.92 bits per heavy atom. The fourth-order valence-corrected chi connectivity index (χ4v) is 3.50. The number of ether oxygens (including phenoxy) is 2. The van der Waals surface area contributed by atoms with Crippen molar-refractivity contribution >= 4 is 39.8 Å². The predicted molar refractivity (Wildman–Crippen MR) is 92.7 cm³/mol. The summed E-state index contributed by atoms with van der Waals surface area (Å²) in [5.74, 6) is -1.78. The highest BCUT2D eigenvalue weighted by Crippen LogP contribution is 2.34. The number of methoxy groups -OCH3 is 2. The number of anilines is 1. The number of thiophene rings is 1. The number of hydrogen-bond acceptors (Lipinski definition) is 8. The smallest absolute Gasteiger partial charge is 0.348 e. The zero-order chi connectivity index (χ0) is 18.8. The van der Waals surface area contributed by atoms with Gasteiger partial charge in [-0.15, -0.1) is 11.3 Å². The van der Waals surface area contributed by atoms with Gasteiger partial charge in [0.15, 0.2) is 5.65 Å². The molecule has 26 heavy (non-hydrogen) atoms. The van der Waals surface area contributed by atoms with E-state index < -0.39 is 17.8 Å². The molecule has 134 valence electrons. The minimum absolute atomic E-state index is 0.107. The molecule has 1 N–H and O–H groups in total. The molecule has 0 aliphatic heterocycles. The lowest BCUT2D eigenvalue weighted by atomic mass is 10.1. The highest BCUT2D eigenvalue weighted by molar-refractivity contribution is 7.18. The van der Waals surface area contributed by atoms with Crippen molar-refractivity contribution in [3.8, 4) is 0 Å². The van der Waals surface area contributed by atoms with Gasteiger partial charge in [-0.1, -0.05) is 0 Å². The van der Waals surface area contributed by atoms with Crippen LogP contribution in [-0.4, -0.2) is 46.7 Å². The number of nitrogens with one attached hydrogen (secondary N) is 1. The zero-order valence-corrected chi connectivity index (χ0v) is 14.9. The number of fused-ring (bicyclic) bond motifs is 1. The molecule has 10 heteroatoms. The molecule has 0 bridgehead atoms. The molecular weight excluding hydrogens is 360 g/mol. The standard InChI is InChI=1S/C16H14N4O5S/c1-8-10(15(22)24-2)14(26-11(8)16(23)25-3)19-13(21)9-7-18-20-6-4-5-17-12(9)20/h4-7H,1-3H3,(H,19,21). The summed E-state index contributed by atoms with van der Waals surface area (Å²) < 4.78 is 10.9. The average molecular weight is 374 g/mol. The first-order valence-corrected chi connectivity index (χ1v) is 8.19. The summed E-state index contributed by atoms with van der Waals surface area (Å²) >= 11 is 0.939. The summed E-state index contributed by atoms with van der Waals surface area (Å²) in [6, 6.07) is 1.68. The number of rotatable bonds is 4. The van der Waals surface area contributed by atoms with Crippen LogP contribution in [-0.2, 0) is 9.47 Å². The molecule has 3 aromatic heterocycles. The molecule has 3 rings (SSSR count). The molecule has 0 saturated heterocycles. The van der Waals surface area contributed by atoms with Crippen molar-refractivity contribution in [1.82, 2.24) is 14.6 Å². The van der Waals surface area contributed by atoms with Gasteiger partial charge in [0, 0.05) is 12.4 Å². The van der Waals surface area contributed by atoms with Crippen LogP contribution in [0, 0.1) is 6.92 Å². The Labute approximate surface area is 151 Å². The predicted octanol–water partition coefficient (Wildman–Crippen LogP) is 1.92. The molecule has 0 unspecified atom stereocenters. The number of carbonyl (C=O) groups is 3. The molecule has 0 fully saturated rings. The first-order valence-electron chi connectivity index (χ1n) is 7.37. The minimum Gasteiger partial charge on any atom is -0.465 e. The molecule has 0 atom stereocenters. The average Bonchev–Trinajstić information content (AvgIpc) is 3.22. The second-order valence-corrected chi connectivity index (χ2v) is 6.16. The Bertz CT molecular complexity index is 1020. The topological polar surface area (TPSA) is 112 Å². The summed E-state index contributed by atoms with van der Waals surface area (Å²) in [5, 5.41) is 6.88. The molecule has 3 heterocycles. The number of nitrogens with zero attached hydrogens (tertiary/aromatic N) is 3. The van der Waals surface area contributed by atoms with Crippen molar-refractivity contribution in [3.63, 3.8) is 0 Å². The number of esters is 2. The summed E-state index contributed by atoms with van der Waals surface area (Å²) in [4.78, 5) is 41.0. The van der Waals surface area contributed by atoms with Crippen LogP contribution in [0.1, 0.15) is 36.0 Å². The molecule has 9 nitrogen and oxygen atoms in total. The first kappa shape index (κ1) is 17.5. The van der Waals surface area contributed by atoms with E-state index in [9.17, 15) is 14.4 Å². The molecule has 0 aliphatic rings. The second kappa shape index (κ2) is 6.92. The number of aromatic nitrogens is 3. The summed E-state index contributed by atoms with van der Waals surface area (Å²) in [6.45, 7) is 1.58. The molecule has 0 aliphatic carbocycles. The third-order valence-corrected chi connectivity index (χ3v) is 4.85. The maximum absolute atomic E-state index is 12.6. The van der Waals surface area contributed by atoms with Crippen molar-refractivity contribution in [2.45, 2.75) is 6.92 Å². The van der Waals surface area contributed by atoms with E-state index in [0.717, 1.165) is 11.3 Å². The molecule has 0 radical (unpaired) electrons. The third-order valence-electron chi connectivity index (χ3n) is 3.66. The molecule has 3 aromatic rings. The van der Waals surface area contributed by atoms with Crippen LogP contribution in [0.15, 0.2) is 24.7 Å². The van der Waals surface area contributed by atoms with Crippen molar-refractivity contribution in [1.29, 1.82) is 0 Å². The lowest BCUT2D eigenvalue weighted by Crippen LogP contribution is -2.14. The molecule has 0 aromatic carbocycles. The van der Waals surface area contributed by atoms with Gasteiger partial charge in [-0.2, -0.15) is 5.10 Å². The highest BCUT2D eigenvalue weighted by atomic mass is 32.1. The van der Waals surface area contributed by atoms with Gasteiger partial charge in [-0.25, -0.2) is 19.1 Å². The van der Waals surface area contributed by atoms with Gasteiger partial charge in [0.1, 0.15) is 15.4 Å². The van der Waals surface area contributed by atoms with Gasteiger partial charge >= 0.3 is 11.9 Å². The third kappa shape index (κ3) is 2.90. The van der Waals surface area contributed by atoms with Crippen LogP contribution < -0.4 is 5.32 Å². The van der Waals surface area contributed by atoms with Crippen LogP contribution in [0.5, 0.6) is 0 Å². The Kier molecular flexibility index (Phi) is 4.67. The van der Waals surface area contributed by atoms with Crippen molar-refractivity contribution in [3.05, 3.63) is 46.2 Å². The quantitative estimate of drug-likeness (QED) is 0.694. The van der Waals surface area contributed by atoms with E-state index in [1.807, 2.05) is 0 Å². The van der Waals surface area contributed by atoms with Crippen LogP contribution in [0.25, 0.3) is 5.65 Å². The van der Waals surface area contributed by atoms with Gasteiger partial charge < -0.3 is 14.8 Å². The Morgan fingerprint density at radius 1 is 1.19 bits per heavy atom. The second-order valence-electron chi connectivity index (χ2n) is 5.14. The molecular formula is C16H14N4O5S. The summed E-state index contributed by atoms with van der Waals surface area (Å²) in [7, 11) is 2.46. The SMILES string of the molecule is COC(=O)c1sc(NC(=O)c2cnn3cccnc23)c(C(=O)OC)c1C. The maximum Gasteiger partial charge on any atom is 0.348 e. The van der Waals surface area contributed by atoms with Gasteiger partial charge in [-0.05, 0) is 18.6 Å². The molecule has 0 spiro atoms. The first-order chi connectivity index (χ1) is 12.5. The van der Waals surface area contributed by atoms with Crippen LogP contribution in [0.4, 0.5) is 5.00 Å². The van der Waals surface area contributed by atoms with E-state index in [1.54, 1.807) is 25.4 Å². The lowest BCUT2D eigenvalue weighted by molar-refractivity contribution is 0.0601. The number of carbonyl (C=O) groups excluding carboxylic acids is 3. The van der Waals surface area contributed by atoms with E-state index >= 15 is 0 Å². The van der Waals surface area contributed by atoms with E-state index in [2.05, 4.69) is 15.4 Å². The van der Waals surface area contributed by atoms with Crippen molar-refractivity contribution < 1.29 is 23.9 Å². The van der Waals surface area contributed by atoms with Crippen molar-refractivity contribution in [2.24, 2.45) is 0 Å². The van der Waals surface area contributed by atoms with Gasteiger partial charge in [0.2, 0.25) is 0 Å². The lowest BCUT2D eigenvalue weighted by Gasteiger charge is -2.05. The Morgan fingerprint density at radius 3 is 2.62 bits per heavy atom. The zero-order valence-electron chi connectivity index (χ0n) is 14.1. The van der Waals surface area contributed by atoms with Crippen LogP contribution >= 0.6 is 11.3 Å². The molecule has 0 saturated carbocycles. The Hall–Kier alpha value is -3.27. The van der Waals surface area contributed by atoms with E-state index in [4.69, 9.17) is 9.47 Å². The fraction of sp³-hybridized carbons (Fsp3) is 0.188. The van der Waals surface area contributed by atoms with Crippen LogP contribution in [0.3, 0.4) is 0 Å².